The fourth-order valence-corrected chi connectivity index (χ4v) is 6.99. The fourth-order valence-electron chi connectivity index (χ4n) is 6.99. The Morgan fingerprint density at radius 2 is 0.952 bits per heavy atom. The molecule has 0 atom stereocenters. The van der Waals surface area contributed by atoms with Gasteiger partial charge in [0.2, 0.25) is 12.7 Å². The third kappa shape index (κ3) is 10.2. The Hall–Kier alpha value is -7.46. The normalized spacial score (nSPS) is 10.5. The standard InChI is InChI=1S/2C22H16FN2.C8H7N4.Ir/c2*1-24-16-25(20-14-8-13-19(23)15-20)22(18-11-6-3-7-12-18)21(24)17-9-4-2-5-10-17;1-6-10-8(12-11-6)7-4-2-3-5-9-7;/h2*2-13,15H,1H3;2-5H,1H3;/q3*-1;. The quantitative estimate of drug-likeness (QED) is 0.118. The first-order valence-corrected chi connectivity index (χ1v) is 19.7. The smallest absolute Gasteiger partial charge is 0.242 e. The summed E-state index contributed by atoms with van der Waals surface area (Å²) in [4.78, 5) is 8.19. The van der Waals surface area contributed by atoms with Crippen LogP contribution in [0.5, 0.6) is 0 Å². The summed E-state index contributed by atoms with van der Waals surface area (Å²) in [6.45, 7) is 1.80. The Morgan fingerprint density at radius 3 is 1.32 bits per heavy atom. The second-order valence-corrected chi connectivity index (χ2v) is 14.0. The maximum Gasteiger partial charge on any atom is 0.242 e. The minimum Gasteiger partial charge on any atom is -0.421 e. The topological polar surface area (TPSA) is 70.4 Å². The number of rotatable bonds is 7. The Morgan fingerprint density at radius 1 is 0.540 bits per heavy atom. The van der Waals surface area contributed by atoms with E-state index in [2.05, 4.69) is 69.2 Å². The van der Waals surface area contributed by atoms with E-state index in [1.807, 2.05) is 148 Å². The van der Waals surface area contributed by atoms with E-state index in [1.165, 1.54) is 24.3 Å². The van der Waals surface area contributed by atoms with Gasteiger partial charge >= 0.3 is 0 Å². The Balaban J connectivity index is 0.000000149. The van der Waals surface area contributed by atoms with Crippen LogP contribution in [0.3, 0.4) is 0 Å². The molecular formula is C52H39F2IrN8-3. The van der Waals surface area contributed by atoms with Crippen molar-refractivity contribution in [3.63, 3.8) is 0 Å². The van der Waals surface area contributed by atoms with Crippen LogP contribution in [0, 0.1) is 43.3 Å². The first-order valence-electron chi connectivity index (χ1n) is 19.7. The van der Waals surface area contributed by atoms with Crippen molar-refractivity contribution in [2.75, 3.05) is 0 Å². The van der Waals surface area contributed by atoms with Crippen LogP contribution in [0.15, 0.2) is 182 Å². The number of benzene rings is 6. The Kier molecular flexibility index (Phi) is 14.1. The first kappa shape index (κ1) is 43.6. The fraction of sp³-hybridized carbons (Fsp3) is 0.0577. The number of nitrogens with zero attached hydrogens (tertiary/aromatic N) is 8. The molecule has 1 radical (unpaired) electrons. The van der Waals surface area contributed by atoms with E-state index in [1.54, 1.807) is 25.3 Å². The monoisotopic (exact) mass is 1010 g/mol. The third-order valence-corrected chi connectivity index (χ3v) is 9.69. The number of hydrogen-bond acceptors (Lipinski definition) is 3. The van der Waals surface area contributed by atoms with Crippen LogP contribution in [0.1, 0.15) is 5.82 Å². The molecule has 0 aliphatic rings. The van der Waals surface area contributed by atoms with Gasteiger partial charge in [-0.2, -0.15) is 24.3 Å². The molecule has 313 valence electrons. The van der Waals surface area contributed by atoms with Crippen molar-refractivity contribution in [2.24, 2.45) is 14.1 Å². The molecule has 63 heavy (non-hydrogen) atoms. The number of aromatic nitrogens is 8. The number of imidazole rings is 2. The van der Waals surface area contributed by atoms with Gasteiger partial charge in [0.25, 0.3) is 0 Å². The largest absolute Gasteiger partial charge is 0.421 e. The van der Waals surface area contributed by atoms with Gasteiger partial charge in [-0.05, 0) is 47.1 Å². The Labute approximate surface area is 378 Å². The van der Waals surface area contributed by atoms with Crippen LogP contribution in [-0.2, 0) is 34.2 Å². The van der Waals surface area contributed by atoms with Gasteiger partial charge < -0.3 is 28.4 Å². The number of halogens is 2. The molecule has 8 nitrogen and oxygen atoms in total. The Bertz CT molecular complexity index is 2840. The third-order valence-electron chi connectivity index (χ3n) is 9.69. The van der Waals surface area contributed by atoms with Crippen LogP contribution < -0.4 is 14.2 Å². The van der Waals surface area contributed by atoms with Crippen LogP contribution in [-0.4, -0.2) is 24.2 Å². The van der Waals surface area contributed by atoms with Gasteiger partial charge in [0.15, 0.2) is 0 Å². The summed E-state index contributed by atoms with van der Waals surface area (Å²) in [7, 11) is 3.90. The molecule has 6 aromatic carbocycles. The predicted octanol–water partition coefficient (Wildman–Crippen LogP) is 9.55. The van der Waals surface area contributed by atoms with E-state index < -0.39 is 0 Å². The summed E-state index contributed by atoms with van der Waals surface area (Å²) in [6, 6.07) is 61.2. The van der Waals surface area contributed by atoms with Gasteiger partial charge in [0.1, 0.15) is 0 Å². The van der Waals surface area contributed by atoms with E-state index in [-0.39, 0.29) is 31.7 Å². The summed E-state index contributed by atoms with van der Waals surface area (Å²) in [5.74, 6) is 0.682. The number of pyridine rings is 1. The zero-order valence-corrected chi connectivity index (χ0v) is 36.9. The van der Waals surface area contributed by atoms with Crippen LogP contribution in [0.2, 0.25) is 0 Å². The maximum atomic E-state index is 13.8. The van der Waals surface area contributed by atoms with E-state index in [0.717, 1.165) is 50.7 Å². The molecule has 10 aromatic rings. The number of aryl methyl sites for hydroxylation is 3. The molecule has 11 heteroatoms. The van der Waals surface area contributed by atoms with Crippen molar-refractivity contribution in [1.29, 1.82) is 0 Å². The van der Waals surface area contributed by atoms with Crippen molar-refractivity contribution >= 4 is 0 Å². The van der Waals surface area contributed by atoms with Crippen molar-refractivity contribution in [3.8, 4) is 67.9 Å². The van der Waals surface area contributed by atoms with Crippen molar-refractivity contribution < 1.29 is 38.0 Å². The second kappa shape index (κ2) is 20.4. The number of hydrogen-bond donors (Lipinski definition) is 0. The van der Waals surface area contributed by atoms with Gasteiger partial charge in [0, 0.05) is 43.8 Å². The van der Waals surface area contributed by atoms with E-state index >= 15 is 0 Å². The molecule has 0 amide bonds. The molecule has 10 rings (SSSR count). The SMILES string of the molecule is C[n+]1[c-]n(-c2[c-]ccc(F)c2)c(-c2ccccc2)c1-c1ccccc1.C[n+]1[c-]n(-c2[c-]ccc(F)c2)c(-c2ccccc2)c1-c1ccccc1.Cc1n[n-]c(-c2ccccn2)n1.[Ir]. The van der Waals surface area contributed by atoms with Gasteiger partial charge in [-0.1, -0.05) is 139 Å². The summed E-state index contributed by atoms with van der Waals surface area (Å²) < 4.78 is 35.1. The van der Waals surface area contributed by atoms with E-state index in [0.29, 0.717) is 23.0 Å². The molecular weight excluding hydrogens is 967 g/mol. The molecule has 4 aromatic heterocycles. The zero-order chi connectivity index (χ0) is 42.8. The molecule has 0 N–H and O–H groups in total. The molecule has 0 bridgehead atoms. The summed E-state index contributed by atoms with van der Waals surface area (Å²) in [5.41, 5.74) is 10.2. The average molecular weight is 1010 g/mol. The van der Waals surface area contributed by atoms with Crippen LogP contribution >= 0.6 is 0 Å². The van der Waals surface area contributed by atoms with Gasteiger partial charge in [-0.15, -0.1) is 24.3 Å². The molecule has 0 aliphatic carbocycles. The van der Waals surface area contributed by atoms with E-state index in [9.17, 15) is 8.78 Å². The molecule has 0 fully saturated rings. The minimum absolute atomic E-state index is 0. The van der Waals surface area contributed by atoms with Crippen molar-refractivity contribution in [3.05, 3.63) is 224 Å². The van der Waals surface area contributed by atoms with Crippen molar-refractivity contribution in [1.82, 2.24) is 29.3 Å². The molecule has 4 heterocycles. The minimum atomic E-state index is -0.293. The summed E-state index contributed by atoms with van der Waals surface area (Å²) in [6.07, 6.45) is 8.29. The van der Waals surface area contributed by atoms with Crippen LogP contribution in [0.25, 0.3) is 67.9 Å². The average Bonchev–Trinajstić information content (AvgIpc) is 4.02. The molecule has 0 spiro atoms. The molecule has 0 saturated heterocycles. The van der Waals surface area contributed by atoms with Gasteiger partial charge in [0.05, 0.1) is 42.6 Å². The van der Waals surface area contributed by atoms with E-state index in [4.69, 9.17) is 0 Å². The summed E-state index contributed by atoms with van der Waals surface area (Å²) >= 11 is 0. The molecule has 0 unspecified atom stereocenters. The zero-order valence-electron chi connectivity index (χ0n) is 34.5. The summed E-state index contributed by atoms with van der Waals surface area (Å²) in [5, 5.41) is 7.65. The van der Waals surface area contributed by atoms with Crippen LogP contribution in [0.4, 0.5) is 8.78 Å². The predicted molar refractivity (Wildman–Crippen MR) is 234 cm³/mol. The molecule has 0 aliphatic heterocycles. The van der Waals surface area contributed by atoms with Crippen molar-refractivity contribution in [2.45, 2.75) is 6.92 Å². The molecule has 0 saturated carbocycles. The first-order chi connectivity index (χ1) is 30.3. The van der Waals surface area contributed by atoms with Gasteiger partial charge in [-0.25, -0.2) is 8.78 Å². The second-order valence-electron chi connectivity index (χ2n) is 14.0. The van der Waals surface area contributed by atoms with Gasteiger partial charge in [-0.3, -0.25) is 10.1 Å². The maximum absolute atomic E-state index is 13.8.